The maximum absolute atomic E-state index is 10.3. The largest absolute Gasteiger partial charge is 0.481 e. The highest BCUT2D eigenvalue weighted by molar-refractivity contribution is 5.88. The van der Waals surface area contributed by atoms with Gasteiger partial charge in [-0.2, -0.15) is 0 Å². The molecular formula is C16H26O8. The zero-order valence-electron chi connectivity index (χ0n) is 14.2. The number of aliphatic hydroxyl groups excluding tert-OH is 1. The van der Waals surface area contributed by atoms with Crippen molar-refractivity contribution < 1.29 is 39.9 Å². The van der Waals surface area contributed by atoms with Crippen LogP contribution in [0.4, 0.5) is 0 Å². The maximum atomic E-state index is 10.3. The Hall–Kier alpha value is -2.19. The van der Waals surface area contributed by atoms with E-state index in [4.69, 9.17) is 25.5 Å². The second-order valence-electron chi connectivity index (χ2n) is 5.53. The summed E-state index contributed by atoms with van der Waals surface area (Å²) in [4.78, 5) is 30.5. The standard InChI is InChI=1S/C10H18O.C6H8O7/c1-9(2)5-4-6-10(3)7-8-11;7-3(8)1-6(13,5(11)12)2-4(9)10/h5,7,11H,4,6,8H2,1-3H3;13H,1-2H2,(H,7,8)(H,9,10)(H,11,12)/b10-7+;. The molecule has 8 heteroatoms. The molecule has 8 nitrogen and oxygen atoms in total. The van der Waals surface area contributed by atoms with Crippen LogP contribution in [0, 0.1) is 0 Å². The Kier molecular flexibility index (Phi) is 12.3. The van der Waals surface area contributed by atoms with Crippen molar-refractivity contribution in [2.45, 2.75) is 52.1 Å². The van der Waals surface area contributed by atoms with E-state index in [0.29, 0.717) is 0 Å². The summed E-state index contributed by atoms with van der Waals surface area (Å²) in [6.07, 6.45) is 3.94. The van der Waals surface area contributed by atoms with E-state index in [1.54, 1.807) is 0 Å². The monoisotopic (exact) mass is 346 g/mol. The summed E-state index contributed by atoms with van der Waals surface area (Å²) in [7, 11) is 0. The van der Waals surface area contributed by atoms with Crippen molar-refractivity contribution in [3.8, 4) is 0 Å². The number of carboxylic acids is 3. The van der Waals surface area contributed by atoms with E-state index in [-0.39, 0.29) is 6.61 Å². The molecular weight excluding hydrogens is 320 g/mol. The van der Waals surface area contributed by atoms with E-state index < -0.39 is 36.4 Å². The van der Waals surface area contributed by atoms with Crippen LogP contribution in [0.25, 0.3) is 0 Å². The summed E-state index contributed by atoms with van der Waals surface area (Å²) in [5.41, 5.74) is -0.107. The van der Waals surface area contributed by atoms with Crippen molar-refractivity contribution in [1.29, 1.82) is 0 Å². The van der Waals surface area contributed by atoms with Crippen molar-refractivity contribution >= 4 is 17.9 Å². The molecule has 0 rings (SSSR count). The predicted molar refractivity (Wildman–Crippen MR) is 86.6 cm³/mol. The van der Waals surface area contributed by atoms with Crippen LogP contribution in [0.3, 0.4) is 0 Å². The molecule has 0 fully saturated rings. The van der Waals surface area contributed by atoms with Crippen molar-refractivity contribution in [1.82, 2.24) is 0 Å². The molecule has 0 aromatic heterocycles. The molecule has 0 unspecified atom stereocenters. The van der Waals surface area contributed by atoms with E-state index in [1.165, 1.54) is 11.1 Å². The van der Waals surface area contributed by atoms with Gasteiger partial charge in [0.1, 0.15) is 0 Å². The fourth-order valence-electron chi connectivity index (χ4n) is 1.56. The lowest BCUT2D eigenvalue weighted by atomic mass is 9.96. The Morgan fingerprint density at radius 3 is 1.67 bits per heavy atom. The summed E-state index contributed by atoms with van der Waals surface area (Å²) in [5.74, 6) is -5.02. The highest BCUT2D eigenvalue weighted by Crippen LogP contribution is 2.15. The third-order valence-corrected chi connectivity index (χ3v) is 2.82. The fourth-order valence-corrected chi connectivity index (χ4v) is 1.56. The molecule has 0 aliphatic rings. The molecule has 0 aliphatic heterocycles. The molecule has 0 aliphatic carbocycles. The average molecular weight is 346 g/mol. The van der Waals surface area contributed by atoms with E-state index >= 15 is 0 Å². The van der Waals surface area contributed by atoms with E-state index in [1.807, 2.05) is 6.08 Å². The normalized spacial score (nSPS) is 11.1. The first-order valence-electron chi connectivity index (χ1n) is 7.23. The molecule has 0 spiro atoms. The Bertz CT molecular complexity index is 470. The van der Waals surface area contributed by atoms with Crippen LogP contribution in [0.5, 0.6) is 0 Å². The van der Waals surface area contributed by atoms with Crippen LogP contribution in [-0.4, -0.2) is 55.6 Å². The second kappa shape index (κ2) is 12.3. The highest BCUT2D eigenvalue weighted by Gasteiger charge is 2.40. The van der Waals surface area contributed by atoms with Crippen LogP contribution in [0.15, 0.2) is 23.3 Å². The minimum absolute atomic E-state index is 0.167. The fraction of sp³-hybridized carbons (Fsp3) is 0.562. The molecule has 0 saturated carbocycles. The first kappa shape index (κ1) is 24.1. The molecule has 0 aromatic rings. The van der Waals surface area contributed by atoms with Crippen LogP contribution in [0.1, 0.15) is 46.5 Å². The van der Waals surface area contributed by atoms with Gasteiger partial charge in [0.25, 0.3) is 0 Å². The smallest absolute Gasteiger partial charge is 0.336 e. The lowest BCUT2D eigenvalue weighted by Crippen LogP contribution is -2.42. The quantitative estimate of drug-likeness (QED) is 0.393. The third-order valence-electron chi connectivity index (χ3n) is 2.82. The zero-order valence-corrected chi connectivity index (χ0v) is 14.2. The molecule has 0 radical (unpaired) electrons. The van der Waals surface area contributed by atoms with Gasteiger partial charge in [-0.25, -0.2) is 4.79 Å². The maximum Gasteiger partial charge on any atom is 0.336 e. The van der Waals surface area contributed by atoms with E-state index in [0.717, 1.165) is 12.8 Å². The molecule has 24 heavy (non-hydrogen) atoms. The van der Waals surface area contributed by atoms with Gasteiger partial charge in [0, 0.05) is 0 Å². The van der Waals surface area contributed by atoms with Gasteiger partial charge in [-0.3, -0.25) is 9.59 Å². The SMILES string of the molecule is CC(C)=CCC/C(C)=C/CO.O=C(O)CC(O)(CC(=O)O)C(=O)O. The van der Waals surface area contributed by atoms with Crippen LogP contribution in [-0.2, 0) is 14.4 Å². The third kappa shape index (κ3) is 13.5. The Morgan fingerprint density at radius 1 is 0.917 bits per heavy atom. The van der Waals surface area contributed by atoms with Crippen LogP contribution >= 0.6 is 0 Å². The van der Waals surface area contributed by atoms with Crippen LogP contribution < -0.4 is 0 Å². The van der Waals surface area contributed by atoms with Gasteiger partial charge in [0.15, 0.2) is 5.60 Å². The minimum atomic E-state index is -2.74. The topological polar surface area (TPSA) is 152 Å². The van der Waals surface area contributed by atoms with Gasteiger partial charge in [0.05, 0.1) is 19.4 Å². The molecule has 0 saturated heterocycles. The van der Waals surface area contributed by atoms with Crippen molar-refractivity contribution in [3.05, 3.63) is 23.3 Å². The lowest BCUT2D eigenvalue weighted by molar-refractivity contribution is -0.170. The van der Waals surface area contributed by atoms with E-state index in [9.17, 15) is 14.4 Å². The van der Waals surface area contributed by atoms with Gasteiger partial charge in [0.2, 0.25) is 0 Å². The Morgan fingerprint density at radius 2 is 1.38 bits per heavy atom. The summed E-state index contributed by atoms with van der Waals surface area (Å²) >= 11 is 0. The van der Waals surface area contributed by atoms with Crippen LogP contribution in [0.2, 0.25) is 0 Å². The second-order valence-corrected chi connectivity index (χ2v) is 5.53. The summed E-state index contributed by atoms with van der Waals surface area (Å²) in [6.45, 7) is 6.42. The molecule has 0 aromatic carbocycles. The average Bonchev–Trinajstić information content (AvgIpc) is 2.37. The number of rotatable bonds is 9. The number of aliphatic carboxylic acids is 3. The van der Waals surface area contributed by atoms with E-state index in [2.05, 4.69) is 26.8 Å². The zero-order chi connectivity index (χ0) is 19.3. The first-order valence-corrected chi connectivity index (χ1v) is 7.23. The molecule has 138 valence electrons. The molecule has 0 atom stereocenters. The summed E-state index contributed by atoms with van der Waals surface area (Å²) in [6, 6.07) is 0. The van der Waals surface area contributed by atoms with Crippen molar-refractivity contribution in [3.63, 3.8) is 0 Å². The molecule has 5 N–H and O–H groups in total. The lowest BCUT2D eigenvalue weighted by Gasteiger charge is -2.18. The number of hydrogen-bond donors (Lipinski definition) is 5. The van der Waals surface area contributed by atoms with Gasteiger partial charge < -0.3 is 25.5 Å². The number of carboxylic acid groups (broad SMARTS) is 3. The molecule has 0 bridgehead atoms. The van der Waals surface area contributed by atoms with Crippen molar-refractivity contribution in [2.24, 2.45) is 0 Å². The van der Waals surface area contributed by atoms with Gasteiger partial charge in [-0.05, 0) is 33.6 Å². The summed E-state index contributed by atoms with van der Waals surface area (Å²) < 4.78 is 0. The summed E-state index contributed by atoms with van der Waals surface area (Å²) in [5, 5.41) is 42.4. The minimum Gasteiger partial charge on any atom is -0.481 e. The number of allylic oxidation sites excluding steroid dienone is 3. The van der Waals surface area contributed by atoms with Crippen molar-refractivity contribution in [2.75, 3.05) is 6.61 Å². The van der Waals surface area contributed by atoms with Gasteiger partial charge >= 0.3 is 17.9 Å². The number of aliphatic hydroxyl groups is 2. The first-order chi connectivity index (χ1) is 10.9. The Labute approximate surface area is 140 Å². The number of hydrogen-bond acceptors (Lipinski definition) is 5. The molecule has 0 heterocycles. The predicted octanol–water partition coefficient (Wildman–Crippen LogP) is 1.42. The number of carbonyl (C=O) groups is 3. The highest BCUT2D eigenvalue weighted by atomic mass is 16.4. The Balaban J connectivity index is 0. The molecule has 0 amide bonds. The van der Waals surface area contributed by atoms with Gasteiger partial charge in [-0.15, -0.1) is 0 Å². The van der Waals surface area contributed by atoms with Gasteiger partial charge in [-0.1, -0.05) is 23.3 Å².